The van der Waals surface area contributed by atoms with E-state index in [1.165, 1.54) is 10.3 Å². The minimum atomic E-state index is 0.00482. The van der Waals surface area contributed by atoms with Gasteiger partial charge in [0.2, 0.25) is 0 Å². The molecule has 1 atom stereocenters. The van der Waals surface area contributed by atoms with Crippen LogP contribution in [0.5, 0.6) is 0 Å². The number of benzene rings is 1. The standard InChI is InChI=1S/C13H18N2S/c1-8-5-6-9-10(7-8)16-12(15-9)11(14)13(2,3)4/h5-7,11H,14H2,1-4H3. The lowest BCUT2D eigenvalue weighted by Gasteiger charge is -2.24. The number of nitrogens with zero attached hydrogens (tertiary/aromatic N) is 1. The first kappa shape index (κ1) is 11.6. The molecule has 86 valence electrons. The Morgan fingerprint density at radius 1 is 1.31 bits per heavy atom. The second-order valence-electron chi connectivity index (χ2n) is 5.37. The van der Waals surface area contributed by atoms with Crippen LogP contribution in [0.25, 0.3) is 10.2 Å². The molecule has 2 rings (SSSR count). The van der Waals surface area contributed by atoms with Crippen molar-refractivity contribution in [1.29, 1.82) is 0 Å². The monoisotopic (exact) mass is 234 g/mol. The molecule has 0 spiro atoms. The van der Waals surface area contributed by atoms with E-state index >= 15 is 0 Å². The van der Waals surface area contributed by atoms with Crippen LogP contribution >= 0.6 is 11.3 Å². The van der Waals surface area contributed by atoms with Crippen molar-refractivity contribution in [2.45, 2.75) is 33.7 Å². The molecule has 1 aromatic carbocycles. The highest BCUT2D eigenvalue weighted by molar-refractivity contribution is 7.18. The van der Waals surface area contributed by atoms with Crippen molar-refractivity contribution in [3.63, 3.8) is 0 Å². The van der Waals surface area contributed by atoms with Gasteiger partial charge in [-0.3, -0.25) is 0 Å². The van der Waals surface area contributed by atoms with Gasteiger partial charge in [-0.15, -0.1) is 11.3 Å². The zero-order valence-corrected chi connectivity index (χ0v) is 11.1. The Kier molecular flexibility index (Phi) is 2.76. The van der Waals surface area contributed by atoms with Crippen LogP contribution in [0.3, 0.4) is 0 Å². The highest BCUT2D eigenvalue weighted by atomic mass is 32.1. The Morgan fingerprint density at radius 3 is 2.62 bits per heavy atom. The predicted octanol–water partition coefficient (Wildman–Crippen LogP) is 3.65. The summed E-state index contributed by atoms with van der Waals surface area (Å²) in [6.45, 7) is 8.54. The van der Waals surface area contributed by atoms with Crippen LogP contribution in [-0.4, -0.2) is 4.98 Å². The third-order valence-corrected chi connectivity index (χ3v) is 3.86. The highest BCUT2D eigenvalue weighted by Gasteiger charge is 2.25. The van der Waals surface area contributed by atoms with Gasteiger partial charge in [-0.25, -0.2) is 4.98 Å². The summed E-state index contributed by atoms with van der Waals surface area (Å²) in [5.41, 5.74) is 8.61. The van der Waals surface area contributed by atoms with Crippen molar-refractivity contribution >= 4 is 21.6 Å². The van der Waals surface area contributed by atoms with Crippen molar-refractivity contribution in [2.75, 3.05) is 0 Å². The van der Waals surface area contributed by atoms with Gasteiger partial charge in [0.05, 0.1) is 16.3 Å². The molecule has 0 saturated carbocycles. The predicted molar refractivity (Wildman–Crippen MR) is 70.7 cm³/mol. The highest BCUT2D eigenvalue weighted by Crippen LogP contribution is 2.35. The lowest BCUT2D eigenvalue weighted by molar-refractivity contribution is 0.326. The van der Waals surface area contributed by atoms with E-state index in [0.717, 1.165) is 10.5 Å². The molecule has 16 heavy (non-hydrogen) atoms. The molecule has 0 aliphatic heterocycles. The largest absolute Gasteiger partial charge is 0.322 e. The topological polar surface area (TPSA) is 38.9 Å². The van der Waals surface area contributed by atoms with Crippen LogP contribution < -0.4 is 5.73 Å². The average Bonchev–Trinajstić information content (AvgIpc) is 2.57. The summed E-state index contributed by atoms with van der Waals surface area (Å²) in [5.74, 6) is 0. The number of aromatic nitrogens is 1. The Morgan fingerprint density at radius 2 is 2.00 bits per heavy atom. The van der Waals surface area contributed by atoms with E-state index in [2.05, 4.69) is 50.9 Å². The average molecular weight is 234 g/mol. The Hall–Kier alpha value is -0.930. The van der Waals surface area contributed by atoms with E-state index in [0.29, 0.717) is 0 Å². The second-order valence-corrected chi connectivity index (χ2v) is 6.43. The van der Waals surface area contributed by atoms with Gasteiger partial charge in [0.1, 0.15) is 5.01 Å². The lowest BCUT2D eigenvalue weighted by Crippen LogP contribution is -2.25. The molecule has 0 saturated heterocycles. The molecule has 0 aliphatic rings. The van der Waals surface area contributed by atoms with E-state index in [4.69, 9.17) is 5.73 Å². The fourth-order valence-electron chi connectivity index (χ4n) is 1.55. The van der Waals surface area contributed by atoms with Gasteiger partial charge in [0.25, 0.3) is 0 Å². The minimum absolute atomic E-state index is 0.00482. The van der Waals surface area contributed by atoms with E-state index in [1.54, 1.807) is 11.3 Å². The normalized spacial score (nSPS) is 14.3. The molecular weight excluding hydrogens is 216 g/mol. The number of hydrogen-bond acceptors (Lipinski definition) is 3. The summed E-state index contributed by atoms with van der Waals surface area (Å²) in [6, 6.07) is 6.34. The first-order valence-electron chi connectivity index (χ1n) is 5.50. The second kappa shape index (κ2) is 3.82. The minimum Gasteiger partial charge on any atom is -0.322 e. The lowest BCUT2D eigenvalue weighted by atomic mass is 9.88. The van der Waals surface area contributed by atoms with Crippen molar-refractivity contribution in [2.24, 2.45) is 11.1 Å². The fourth-order valence-corrected chi connectivity index (χ4v) is 2.87. The molecule has 1 aromatic heterocycles. The third kappa shape index (κ3) is 2.11. The fraction of sp³-hybridized carbons (Fsp3) is 0.462. The maximum atomic E-state index is 6.22. The SMILES string of the molecule is Cc1ccc2nc(C(N)C(C)(C)C)sc2c1. The van der Waals surface area contributed by atoms with Gasteiger partial charge < -0.3 is 5.73 Å². The Balaban J connectivity index is 2.47. The van der Waals surface area contributed by atoms with Gasteiger partial charge in [0.15, 0.2) is 0 Å². The molecule has 2 aromatic rings. The molecule has 0 amide bonds. The van der Waals surface area contributed by atoms with E-state index in [-0.39, 0.29) is 11.5 Å². The summed E-state index contributed by atoms with van der Waals surface area (Å²) in [4.78, 5) is 4.61. The van der Waals surface area contributed by atoms with Crippen molar-refractivity contribution < 1.29 is 0 Å². The number of thiazole rings is 1. The zero-order chi connectivity index (χ0) is 11.9. The van der Waals surface area contributed by atoms with Gasteiger partial charge in [0, 0.05) is 0 Å². The van der Waals surface area contributed by atoms with Crippen LogP contribution in [0.2, 0.25) is 0 Å². The van der Waals surface area contributed by atoms with Crippen molar-refractivity contribution in [3.05, 3.63) is 28.8 Å². The summed E-state index contributed by atoms with van der Waals surface area (Å²) >= 11 is 1.71. The molecule has 0 fully saturated rings. The van der Waals surface area contributed by atoms with E-state index in [9.17, 15) is 0 Å². The molecule has 2 N–H and O–H groups in total. The van der Waals surface area contributed by atoms with Crippen molar-refractivity contribution in [1.82, 2.24) is 4.98 Å². The van der Waals surface area contributed by atoms with Crippen LogP contribution in [0.1, 0.15) is 37.4 Å². The van der Waals surface area contributed by atoms with Crippen molar-refractivity contribution in [3.8, 4) is 0 Å². The molecule has 0 aliphatic carbocycles. The Bertz CT molecular complexity index is 508. The first-order valence-corrected chi connectivity index (χ1v) is 6.32. The third-order valence-electron chi connectivity index (χ3n) is 2.76. The zero-order valence-electron chi connectivity index (χ0n) is 10.2. The van der Waals surface area contributed by atoms with Crippen LogP contribution in [0, 0.1) is 12.3 Å². The summed E-state index contributed by atoms with van der Waals surface area (Å²) in [7, 11) is 0. The van der Waals surface area contributed by atoms with Crippen LogP contribution in [-0.2, 0) is 0 Å². The first-order chi connectivity index (χ1) is 7.38. The summed E-state index contributed by atoms with van der Waals surface area (Å²) < 4.78 is 1.23. The van der Waals surface area contributed by atoms with Gasteiger partial charge >= 0.3 is 0 Å². The van der Waals surface area contributed by atoms with Gasteiger partial charge in [-0.2, -0.15) is 0 Å². The summed E-state index contributed by atoms with van der Waals surface area (Å²) in [5, 5.41) is 1.04. The number of aryl methyl sites for hydroxylation is 1. The molecule has 1 unspecified atom stereocenters. The number of fused-ring (bicyclic) bond motifs is 1. The maximum Gasteiger partial charge on any atom is 0.111 e. The quantitative estimate of drug-likeness (QED) is 0.818. The Labute approximate surface area is 101 Å². The smallest absolute Gasteiger partial charge is 0.111 e. The molecule has 2 nitrogen and oxygen atoms in total. The van der Waals surface area contributed by atoms with Gasteiger partial charge in [-0.1, -0.05) is 26.8 Å². The van der Waals surface area contributed by atoms with Crippen LogP contribution in [0.15, 0.2) is 18.2 Å². The molecule has 0 radical (unpaired) electrons. The number of rotatable bonds is 1. The molecular formula is C13H18N2S. The van der Waals surface area contributed by atoms with Crippen LogP contribution in [0.4, 0.5) is 0 Å². The number of nitrogens with two attached hydrogens (primary N) is 1. The molecule has 3 heteroatoms. The van der Waals surface area contributed by atoms with Gasteiger partial charge in [-0.05, 0) is 30.0 Å². The maximum absolute atomic E-state index is 6.22. The van der Waals surface area contributed by atoms with E-state index < -0.39 is 0 Å². The molecule has 0 bridgehead atoms. The van der Waals surface area contributed by atoms with E-state index in [1.807, 2.05) is 0 Å². The summed E-state index contributed by atoms with van der Waals surface area (Å²) in [6.07, 6.45) is 0. The number of hydrogen-bond donors (Lipinski definition) is 1. The molecule has 1 heterocycles.